The zero-order valence-corrected chi connectivity index (χ0v) is 9.51. The number of fused-ring (bicyclic) bond motifs is 1. The fraction of sp³-hybridized carbons (Fsp3) is 0.250. The Labute approximate surface area is 98.8 Å². The van der Waals surface area contributed by atoms with Crippen LogP contribution < -0.4 is 15.4 Å². The Morgan fingerprint density at radius 3 is 3.06 bits per heavy atom. The molecule has 1 aromatic carbocycles. The maximum atomic E-state index is 5.72. The molecule has 0 radical (unpaired) electrons. The number of benzene rings is 1. The molecule has 0 spiro atoms. The van der Waals surface area contributed by atoms with Crippen molar-refractivity contribution in [3.05, 3.63) is 24.3 Å². The van der Waals surface area contributed by atoms with Crippen LogP contribution in [0, 0.1) is 0 Å². The first-order valence-electron chi connectivity index (χ1n) is 5.45. The third-order valence-corrected chi connectivity index (χ3v) is 2.87. The third kappa shape index (κ3) is 1.60. The van der Waals surface area contributed by atoms with Crippen LogP contribution in [0.5, 0.6) is 5.75 Å². The Kier molecular flexibility index (Phi) is 2.18. The van der Waals surface area contributed by atoms with Crippen LogP contribution in [0.2, 0.25) is 0 Å². The quantitative estimate of drug-likeness (QED) is 0.810. The Bertz CT molecular complexity index is 550. The van der Waals surface area contributed by atoms with E-state index in [9.17, 15) is 0 Å². The molecule has 0 fully saturated rings. The number of para-hydroxylation sites is 1. The van der Waals surface area contributed by atoms with Gasteiger partial charge in [-0.15, -0.1) is 0 Å². The Balaban J connectivity index is 2.15. The second kappa shape index (κ2) is 3.69. The first-order valence-corrected chi connectivity index (χ1v) is 5.45. The SMILES string of the molecule is CN1CCOc2c(-c3cc(N)no3)cccc21. The molecule has 3 rings (SSSR count). The van der Waals surface area contributed by atoms with E-state index in [0.29, 0.717) is 18.2 Å². The lowest BCUT2D eigenvalue weighted by Gasteiger charge is -2.28. The molecule has 0 amide bonds. The number of nitrogens with zero attached hydrogens (tertiary/aromatic N) is 2. The molecule has 0 atom stereocenters. The molecule has 88 valence electrons. The van der Waals surface area contributed by atoms with Gasteiger partial charge < -0.3 is 19.9 Å². The van der Waals surface area contributed by atoms with Crippen molar-refractivity contribution < 1.29 is 9.26 Å². The normalized spacial score (nSPS) is 14.3. The minimum absolute atomic E-state index is 0.377. The van der Waals surface area contributed by atoms with Crippen molar-refractivity contribution in [1.82, 2.24) is 5.16 Å². The molecule has 2 aromatic rings. The minimum Gasteiger partial charge on any atom is -0.489 e. The molecule has 5 nitrogen and oxygen atoms in total. The van der Waals surface area contributed by atoms with Crippen molar-refractivity contribution in [3.8, 4) is 17.1 Å². The van der Waals surface area contributed by atoms with Crippen LogP contribution in [0.15, 0.2) is 28.8 Å². The van der Waals surface area contributed by atoms with Crippen molar-refractivity contribution in [2.75, 3.05) is 30.8 Å². The second-order valence-electron chi connectivity index (χ2n) is 4.04. The van der Waals surface area contributed by atoms with Crippen LogP contribution >= 0.6 is 0 Å². The van der Waals surface area contributed by atoms with Crippen LogP contribution in [0.1, 0.15) is 0 Å². The predicted molar refractivity (Wildman–Crippen MR) is 65.1 cm³/mol. The summed E-state index contributed by atoms with van der Waals surface area (Å²) in [5, 5.41) is 3.69. The van der Waals surface area contributed by atoms with E-state index >= 15 is 0 Å². The fourth-order valence-corrected chi connectivity index (χ4v) is 1.99. The highest BCUT2D eigenvalue weighted by atomic mass is 16.5. The predicted octanol–water partition coefficient (Wildman–Crippen LogP) is 1.75. The lowest BCUT2D eigenvalue weighted by atomic mass is 10.1. The second-order valence-corrected chi connectivity index (χ2v) is 4.04. The van der Waals surface area contributed by atoms with Gasteiger partial charge in [0.15, 0.2) is 17.3 Å². The standard InChI is InChI=1S/C12H13N3O2/c1-15-5-6-16-12-8(3-2-4-9(12)15)10-7-11(13)14-17-10/h2-4,7H,5-6H2,1H3,(H2,13,14). The summed E-state index contributed by atoms with van der Waals surface area (Å²) in [5.74, 6) is 1.84. The maximum absolute atomic E-state index is 5.72. The van der Waals surface area contributed by atoms with Crippen molar-refractivity contribution >= 4 is 11.5 Å². The molecule has 2 N–H and O–H groups in total. The summed E-state index contributed by atoms with van der Waals surface area (Å²) in [4.78, 5) is 2.15. The monoisotopic (exact) mass is 231 g/mol. The molecule has 0 saturated heterocycles. The van der Waals surface area contributed by atoms with Crippen molar-refractivity contribution in [2.24, 2.45) is 0 Å². The van der Waals surface area contributed by atoms with Crippen molar-refractivity contribution in [1.29, 1.82) is 0 Å². The van der Waals surface area contributed by atoms with E-state index in [1.807, 2.05) is 25.2 Å². The Morgan fingerprint density at radius 1 is 1.41 bits per heavy atom. The minimum atomic E-state index is 0.377. The van der Waals surface area contributed by atoms with Crippen LogP contribution in [0.4, 0.5) is 11.5 Å². The van der Waals surface area contributed by atoms with Gasteiger partial charge in [-0.05, 0) is 12.1 Å². The summed E-state index contributed by atoms with van der Waals surface area (Å²) in [5.41, 5.74) is 7.51. The third-order valence-electron chi connectivity index (χ3n) is 2.87. The van der Waals surface area contributed by atoms with Gasteiger partial charge >= 0.3 is 0 Å². The van der Waals surface area contributed by atoms with E-state index in [-0.39, 0.29) is 0 Å². The van der Waals surface area contributed by atoms with E-state index in [1.54, 1.807) is 6.07 Å². The van der Waals surface area contributed by atoms with Gasteiger partial charge in [-0.25, -0.2) is 0 Å². The molecule has 0 bridgehead atoms. The fourth-order valence-electron chi connectivity index (χ4n) is 1.99. The van der Waals surface area contributed by atoms with Gasteiger partial charge in [-0.2, -0.15) is 0 Å². The molecular formula is C12H13N3O2. The smallest absolute Gasteiger partial charge is 0.172 e. The molecule has 0 aliphatic carbocycles. The number of hydrogen-bond donors (Lipinski definition) is 1. The van der Waals surface area contributed by atoms with Gasteiger partial charge in [-0.1, -0.05) is 11.2 Å². The van der Waals surface area contributed by atoms with E-state index in [0.717, 1.165) is 23.5 Å². The van der Waals surface area contributed by atoms with Gasteiger partial charge in [0.25, 0.3) is 0 Å². The van der Waals surface area contributed by atoms with Crippen LogP contribution in [-0.4, -0.2) is 25.4 Å². The van der Waals surface area contributed by atoms with Gasteiger partial charge in [0, 0.05) is 13.1 Å². The van der Waals surface area contributed by atoms with E-state index < -0.39 is 0 Å². The molecule has 5 heteroatoms. The van der Waals surface area contributed by atoms with E-state index in [1.165, 1.54) is 0 Å². The number of anilines is 2. The lowest BCUT2D eigenvalue weighted by Crippen LogP contribution is -2.28. The van der Waals surface area contributed by atoms with Gasteiger partial charge in [0.05, 0.1) is 17.8 Å². The first kappa shape index (κ1) is 10.0. The summed E-state index contributed by atoms with van der Waals surface area (Å²) in [6.45, 7) is 1.55. The Hall–Kier alpha value is -2.17. The van der Waals surface area contributed by atoms with Gasteiger partial charge in [0.1, 0.15) is 6.61 Å². The van der Waals surface area contributed by atoms with Crippen LogP contribution in [0.25, 0.3) is 11.3 Å². The number of ether oxygens (including phenoxy) is 1. The number of rotatable bonds is 1. The molecular weight excluding hydrogens is 218 g/mol. The van der Waals surface area contributed by atoms with E-state index in [4.69, 9.17) is 15.0 Å². The van der Waals surface area contributed by atoms with E-state index in [2.05, 4.69) is 10.1 Å². The molecule has 1 aliphatic rings. The largest absolute Gasteiger partial charge is 0.489 e. The zero-order valence-electron chi connectivity index (χ0n) is 9.51. The highest BCUT2D eigenvalue weighted by molar-refractivity contribution is 5.77. The molecule has 0 unspecified atom stereocenters. The molecule has 1 aromatic heterocycles. The van der Waals surface area contributed by atoms with Crippen molar-refractivity contribution in [3.63, 3.8) is 0 Å². The van der Waals surface area contributed by atoms with Crippen LogP contribution in [-0.2, 0) is 0 Å². The molecule has 0 saturated carbocycles. The Morgan fingerprint density at radius 2 is 2.29 bits per heavy atom. The average Bonchev–Trinajstić information content (AvgIpc) is 2.76. The first-order chi connectivity index (χ1) is 8.25. The number of nitrogens with two attached hydrogens (primary N) is 1. The summed E-state index contributed by atoms with van der Waals surface area (Å²) in [6.07, 6.45) is 0. The molecule has 1 aliphatic heterocycles. The number of likely N-dealkylation sites (N-methyl/N-ethyl adjacent to an activating group) is 1. The summed E-state index contributed by atoms with van der Waals surface area (Å²) in [7, 11) is 2.04. The summed E-state index contributed by atoms with van der Waals surface area (Å²) < 4.78 is 10.9. The lowest BCUT2D eigenvalue weighted by molar-refractivity contribution is 0.311. The molecule has 2 heterocycles. The molecule has 17 heavy (non-hydrogen) atoms. The number of nitrogen functional groups attached to an aromatic ring is 1. The topological polar surface area (TPSA) is 64.5 Å². The summed E-state index contributed by atoms with van der Waals surface area (Å²) >= 11 is 0. The zero-order chi connectivity index (χ0) is 11.8. The van der Waals surface area contributed by atoms with Gasteiger partial charge in [-0.3, -0.25) is 0 Å². The number of aromatic nitrogens is 1. The van der Waals surface area contributed by atoms with Gasteiger partial charge in [0.2, 0.25) is 0 Å². The highest BCUT2D eigenvalue weighted by Crippen LogP contribution is 2.40. The average molecular weight is 231 g/mol. The van der Waals surface area contributed by atoms with Crippen molar-refractivity contribution in [2.45, 2.75) is 0 Å². The maximum Gasteiger partial charge on any atom is 0.172 e. The summed E-state index contributed by atoms with van der Waals surface area (Å²) in [6, 6.07) is 7.64. The number of hydrogen-bond acceptors (Lipinski definition) is 5. The highest BCUT2D eigenvalue weighted by Gasteiger charge is 2.20. The van der Waals surface area contributed by atoms with Crippen LogP contribution in [0.3, 0.4) is 0 Å².